The molecule has 0 aromatic heterocycles. The van der Waals surface area contributed by atoms with Crippen LogP contribution in [0.25, 0.3) is 0 Å². The first-order valence-corrected chi connectivity index (χ1v) is 5.08. The summed E-state index contributed by atoms with van der Waals surface area (Å²) in [5.41, 5.74) is -0.792. The van der Waals surface area contributed by atoms with Crippen molar-refractivity contribution in [1.29, 1.82) is 0 Å². The molecule has 0 N–H and O–H groups in total. The summed E-state index contributed by atoms with van der Waals surface area (Å²) in [5.74, 6) is 0.199. The fourth-order valence-corrected chi connectivity index (χ4v) is 1.56. The van der Waals surface area contributed by atoms with Gasteiger partial charge < -0.3 is 9.47 Å². The molecule has 3 nitrogen and oxygen atoms in total. The molecular formula is C11H11ClO3. The number of hydrogen-bond donors (Lipinski definition) is 0. The van der Waals surface area contributed by atoms with Gasteiger partial charge in [-0.3, -0.25) is 0 Å². The van der Waals surface area contributed by atoms with Crippen molar-refractivity contribution >= 4 is 17.6 Å². The highest BCUT2D eigenvalue weighted by molar-refractivity contribution is 6.32. The molecule has 0 unspecified atom stereocenters. The maximum absolute atomic E-state index is 11.4. The molecule has 80 valence electrons. The van der Waals surface area contributed by atoms with Gasteiger partial charge in [-0.1, -0.05) is 23.7 Å². The van der Waals surface area contributed by atoms with Crippen molar-refractivity contribution in [3.63, 3.8) is 0 Å². The summed E-state index contributed by atoms with van der Waals surface area (Å²) in [6.45, 7) is 0. The molecule has 1 aromatic rings. The number of esters is 1. The maximum atomic E-state index is 11.4. The number of para-hydroxylation sites is 1. The van der Waals surface area contributed by atoms with Gasteiger partial charge in [-0.2, -0.15) is 0 Å². The molecule has 0 spiro atoms. The second-order valence-electron chi connectivity index (χ2n) is 3.52. The average Bonchev–Trinajstić information content (AvgIpc) is 3.01. The van der Waals surface area contributed by atoms with E-state index in [1.165, 1.54) is 7.11 Å². The zero-order chi connectivity index (χ0) is 10.9. The summed E-state index contributed by atoms with van der Waals surface area (Å²) >= 11 is 5.93. The Labute approximate surface area is 92.9 Å². The zero-order valence-electron chi connectivity index (χ0n) is 8.33. The van der Waals surface area contributed by atoms with E-state index >= 15 is 0 Å². The number of methoxy groups -OCH3 is 1. The standard InChI is InChI=1S/C11H11ClO3/c1-14-10(13)11(6-7-11)15-9-5-3-2-4-8(9)12/h2-5H,6-7H2,1H3. The fourth-order valence-electron chi connectivity index (χ4n) is 1.39. The van der Waals surface area contributed by atoms with Crippen LogP contribution in [0.3, 0.4) is 0 Å². The minimum Gasteiger partial charge on any atom is -0.474 e. The van der Waals surface area contributed by atoms with Gasteiger partial charge in [0.25, 0.3) is 0 Å². The van der Waals surface area contributed by atoms with Crippen LogP contribution in [0.2, 0.25) is 5.02 Å². The highest BCUT2D eigenvalue weighted by Gasteiger charge is 2.54. The highest BCUT2D eigenvalue weighted by Crippen LogP contribution is 2.42. The summed E-state index contributed by atoms with van der Waals surface area (Å²) < 4.78 is 10.3. The van der Waals surface area contributed by atoms with Gasteiger partial charge in [-0.15, -0.1) is 0 Å². The number of hydrogen-bond acceptors (Lipinski definition) is 3. The number of halogens is 1. The first-order chi connectivity index (χ1) is 7.18. The van der Waals surface area contributed by atoms with Gasteiger partial charge in [0.2, 0.25) is 5.60 Å². The van der Waals surface area contributed by atoms with Gasteiger partial charge in [0, 0.05) is 12.8 Å². The molecule has 0 atom stereocenters. The Morgan fingerprint density at radius 2 is 2.07 bits per heavy atom. The molecule has 1 fully saturated rings. The van der Waals surface area contributed by atoms with E-state index in [1.54, 1.807) is 12.1 Å². The lowest BCUT2D eigenvalue weighted by Gasteiger charge is -2.16. The summed E-state index contributed by atoms with van der Waals surface area (Å²) in [4.78, 5) is 11.4. The molecule has 1 saturated carbocycles. The van der Waals surface area contributed by atoms with Crippen molar-refractivity contribution < 1.29 is 14.3 Å². The molecule has 15 heavy (non-hydrogen) atoms. The van der Waals surface area contributed by atoms with Crippen molar-refractivity contribution in [2.75, 3.05) is 7.11 Å². The van der Waals surface area contributed by atoms with E-state index in [9.17, 15) is 4.79 Å². The van der Waals surface area contributed by atoms with E-state index in [2.05, 4.69) is 4.74 Å². The van der Waals surface area contributed by atoms with Crippen LogP contribution in [-0.2, 0) is 9.53 Å². The largest absolute Gasteiger partial charge is 0.474 e. The zero-order valence-corrected chi connectivity index (χ0v) is 9.08. The second-order valence-corrected chi connectivity index (χ2v) is 3.93. The third-order valence-electron chi connectivity index (χ3n) is 2.40. The lowest BCUT2D eigenvalue weighted by atomic mass is 10.3. The number of rotatable bonds is 3. The van der Waals surface area contributed by atoms with Crippen molar-refractivity contribution in [3.8, 4) is 5.75 Å². The van der Waals surface area contributed by atoms with Gasteiger partial charge in [0.05, 0.1) is 12.1 Å². The molecule has 0 heterocycles. The van der Waals surface area contributed by atoms with E-state index in [0.717, 1.165) is 0 Å². The molecule has 1 aliphatic rings. The van der Waals surface area contributed by atoms with Crippen molar-refractivity contribution in [3.05, 3.63) is 29.3 Å². The van der Waals surface area contributed by atoms with Crippen molar-refractivity contribution in [2.45, 2.75) is 18.4 Å². The van der Waals surface area contributed by atoms with Crippen LogP contribution >= 0.6 is 11.6 Å². The number of carbonyl (C=O) groups is 1. The number of carbonyl (C=O) groups excluding carboxylic acids is 1. The van der Waals surface area contributed by atoms with E-state index in [0.29, 0.717) is 23.6 Å². The van der Waals surface area contributed by atoms with Crippen LogP contribution in [0.1, 0.15) is 12.8 Å². The fraction of sp³-hybridized carbons (Fsp3) is 0.364. The van der Waals surface area contributed by atoms with Crippen LogP contribution in [0.4, 0.5) is 0 Å². The Morgan fingerprint density at radius 1 is 1.40 bits per heavy atom. The Morgan fingerprint density at radius 3 is 2.60 bits per heavy atom. The Hall–Kier alpha value is -1.22. The SMILES string of the molecule is COC(=O)C1(Oc2ccccc2Cl)CC1. The molecule has 1 aliphatic carbocycles. The quantitative estimate of drug-likeness (QED) is 0.743. The Balaban J connectivity index is 2.16. The second kappa shape index (κ2) is 3.74. The first kappa shape index (κ1) is 10.3. The van der Waals surface area contributed by atoms with Crippen molar-refractivity contribution in [1.82, 2.24) is 0 Å². The van der Waals surface area contributed by atoms with Gasteiger partial charge in [0.1, 0.15) is 5.75 Å². The third-order valence-corrected chi connectivity index (χ3v) is 2.72. The maximum Gasteiger partial charge on any atom is 0.350 e. The van der Waals surface area contributed by atoms with E-state index in [-0.39, 0.29) is 5.97 Å². The molecule has 0 saturated heterocycles. The van der Waals surface area contributed by atoms with E-state index in [1.807, 2.05) is 12.1 Å². The Bertz CT molecular complexity index is 385. The van der Waals surface area contributed by atoms with E-state index < -0.39 is 5.60 Å². The molecule has 1 aromatic carbocycles. The molecular weight excluding hydrogens is 216 g/mol. The minimum atomic E-state index is -0.792. The first-order valence-electron chi connectivity index (χ1n) is 4.70. The van der Waals surface area contributed by atoms with Gasteiger partial charge in [0.15, 0.2) is 0 Å². The average molecular weight is 227 g/mol. The molecule has 4 heteroatoms. The smallest absolute Gasteiger partial charge is 0.350 e. The summed E-state index contributed by atoms with van der Waals surface area (Å²) in [6.07, 6.45) is 1.37. The lowest BCUT2D eigenvalue weighted by molar-refractivity contribution is -0.151. The normalized spacial score (nSPS) is 16.9. The Kier molecular flexibility index (Phi) is 2.57. The lowest BCUT2D eigenvalue weighted by Crippen LogP contribution is -2.30. The minimum absolute atomic E-state index is 0.331. The van der Waals surface area contributed by atoms with Crippen LogP contribution < -0.4 is 4.74 Å². The molecule has 0 radical (unpaired) electrons. The number of benzene rings is 1. The van der Waals surface area contributed by atoms with Crippen LogP contribution in [0.15, 0.2) is 24.3 Å². The predicted molar refractivity (Wildman–Crippen MR) is 56.1 cm³/mol. The summed E-state index contributed by atoms with van der Waals surface area (Å²) in [5, 5.41) is 0.507. The van der Waals surface area contributed by atoms with Gasteiger partial charge in [-0.25, -0.2) is 4.79 Å². The van der Waals surface area contributed by atoms with Crippen molar-refractivity contribution in [2.24, 2.45) is 0 Å². The predicted octanol–water partition coefficient (Wildman–Crippen LogP) is 2.42. The van der Waals surface area contributed by atoms with Gasteiger partial charge in [-0.05, 0) is 12.1 Å². The van der Waals surface area contributed by atoms with Crippen LogP contribution in [-0.4, -0.2) is 18.7 Å². The third kappa shape index (κ3) is 1.92. The molecule has 2 rings (SSSR count). The van der Waals surface area contributed by atoms with E-state index in [4.69, 9.17) is 16.3 Å². The van der Waals surface area contributed by atoms with Gasteiger partial charge >= 0.3 is 5.97 Å². The van der Waals surface area contributed by atoms with Crippen LogP contribution in [0, 0.1) is 0 Å². The monoisotopic (exact) mass is 226 g/mol. The molecule has 0 aliphatic heterocycles. The molecule has 0 amide bonds. The topological polar surface area (TPSA) is 35.5 Å². The molecule has 0 bridgehead atoms. The number of ether oxygens (including phenoxy) is 2. The summed E-state index contributed by atoms with van der Waals surface area (Å²) in [7, 11) is 1.36. The summed E-state index contributed by atoms with van der Waals surface area (Å²) in [6, 6.07) is 7.09. The van der Waals surface area contributed by atoms with Crippen LogP contribution in [0.5, 0.6) is 5.75 Å². The highest BCUT2D eigenvalue weighted by atomic mass is 35.5.